The first kappa shape index (κ1) is 45.7. The lowest BCUT2D eigenvalue weighted by molar-refractivity contribution is 0.364. The van der Waals surface area contributed by atoms with Gasteiger partial charge in [-0.1, -0.05) is 152 Å². The van der Waals surface area contributed by atoms with Crippen molar-refractivity contribution in [2.45, 2.75) is 121 Å². The smallest absolute Gasteiger partial charge is 0.0491 e. The van der Waals surface area contributed by atoms with Gasteiger partial charge >= 0.3 is 0 Å². The number of nitrogens with zero attached hydrogens (tertiary/aromatic N) is 2. The maximum atomic E-state index is 2.79. The molecule has 0 spiro atoms. The molecular formula is C72H70N2. The van der Waals surface area contributed by atoms with Crippen LogP contribution in [0.25, 0.3) is 44.8 Å². The standard InChI is InChI=1S/C72H70N2/c1-5-17-49(18-6-1)57-41-58(50-19-7-2-8-20-50)44-61(43-57)53-29-35-63(36-30-53)73-69-27-15-13-25-65(69)67-47-55(33-39-71(67)73)56-34-40-72-68(48-56)66-26-14-16-28-70(66)74(72)64-37-31-54(32-38-64)62-45-59(51-21-9-3-10-22-51)42-60(46-62)52-23-11-4-12-24-52/h1,3,5-7,9-11,13-15,17-23,25-27,29,31-32,34,37-38,41-44,47,52,60,62-63,68,72H,2,4,8,12,16,24,28,30,33,35-36,39-40,45-46,48H2. The summed E-state index contributed by atoms with van der Waals surface area (Å²) in [5, 5.41) is 1.43. The van der Waals surface area contributed by atoms with Crippen LogP contribution in [0.3, 0.4) is 0 Å². The molecule has 2 heterocycles. The molecule has 6 atom stereocenters. The molecule has 2 nitrogen and oxygen atoms in total. The van der Waals surface area contributed by atoms with Gasteiger partial charge in [0.1, 0.15) is 0 Å². The number of allylic oxidation sites excluding steroid dienone is 15. The second-order valence-electron chi connectivity index (χ2n) is 22.9. The van der Waals surface area contributed by atoms with Crippen LogP contribution in [-0.2, 0) is 6.42 Å². The molecule has 0 saturated carbocycles. The lowest BCUT2D eigenvalue weighted by Crippen LogP contribution is -2.36. The van der Waals surface area contributed by atoms with E-state index < -0.39 is 0 Å². The molecule has 0 N–H and O–H groups in total. The highest BCUT2D eigenvalue weighted by atomic mass is 15.2. The highest BCUT2D eigenvalue weighted by molar-refractivity contribution is 5.93. The van der Waals surface area contributed by atoms with Gasteiger partial charge in [-0.3, -0.25) is 0 Å². The molecule has 0 saturated heterocycles. The van der Waals surface area contributed by atoms with Crippen LogP contribution in [0, 0.1) is 17.8 Å². The van der Waals surface area contributed by atoms with E-state index in [1.807, 2.05) is 0 Å². The van der Waals surface area contributed by atoms with Crippen LogP contribution >= 0.6 is 0 Å². The van der Waals surface area contributed by atoms with E-state index in [0.717, 1.165) is 77.0 Å². The lowest BCUT2D eigenvalue weighted by Gasteiger charge is -2.36. The highest BCUT2D eigenvalue weighted by Gasteiger charge is 2.43. The molecule has 0 radical (unpaired) electrons. The van der Waals surface area contributed by atoms with Gasteiger partial charge < -0.3 is 9.47 Å². The van der Waals surface area contributed by atoms with Gasteiger partial charge in [-0.2, -0.15) is 0 Å². The highest BCUT2D eigenvalue weighted by Crippen LogP contribution is 2.52. The van der Waals surface area contributed by atoms with E-state index in [1.54, 1.807) is 28.1 Å². The third-order valence-corrected chi connectivity index (χ3v) is 18.7. The van der Waals surface area contributed by atoms with Gasteiger partial charge in [-0.25, -0.2) is 0 Å². The zero-order valence-corrected chi connectivity index (χ0v) is 43.1. The number of hydrogen-bond acceptors (Lipinski definition) is 1. The van der Waals surface area contributed by atoms with Crippen molar-refractivity contribution in [3.8, 4) is 11.1 Å². The molecule has 1 aliphatic heterocycles. The summed E-state index contributed by atoms with van der Waals surface area (Å²) in [5.74, 6) is 2.32. The molecule has 5 aromatic carbocycles. The van der Waals surface area contributed by atoms with E-state index in [-0.39, 0.29) is 0 Å². The van der Waals surface area contributed by atoms with Gasteiger partial charge in [0.05, 0.1) is 0 Å². The molecule has 0 amide bonds. The minimum Gasteiger partial charge on any atom is -0.341 e. The van der Waals surface area contributed by atoms with Gasteiger partial charge in [-0.05, 0) is 230 Å². The Hall–Kier alpha value is -6.90. The predicted molar refractivity (Wildman–Crippen MR) is 313 cm³/mol. The fraction of sp³-hybridized carbons (Fsp3) is 0.306. The van der Waals surface area contributed by atoms with E-state index in [4.69, 9.17) is 0 Å². The maximum Gasteiger partial charge on any atom is 0.0491 e. The molecule has 6 aromatic rings. The molecule has 14 rings (SSSR count). The Kier molecular flexibility index (Phi) is 12.2. The van der Waals surface area contributed by atoms with Crippen molar-refractivity contribution in [3.05, 3.63) is 244 Å². The summed E-state index contributed by atoms with van der Waals surface area (Å²) in [6, 6.07) is 49.7. The van der Waals surface area contributed by atoms with Gasteiger partial charge in [0, 0.05) is 51.5 Å². The average molecular weight is 963 g/mol. The number of fused-ring (bicyclic) bond motifs is 5. The Bertz CT molecular complexity index is 3410. The summed E-state index contributed by atoms with van der Waals surface area (Å²) >= 11 is 0. The quantitative estimate of drug-likeness (QED) is 0.131. The number of rotatable bonds is 9. The monoisotopic (exact) mass is 963 g/mol. The molecule has 2 heteroatoms. The van der Waals surface area contributed by atoms with Crippen molar-refractivity contribution in [2.75, 3.05) is 4.90 Å². The second kappa shape index (κ2) is 19.7. The third-order valence-electron chi connectivity index (χ3n) is 18.7. The van der Waals surface area contributed by atoms with Crippen molar-refractivity contribution in [3.63, 3.8) is 0 Å². The summed E-state index contributed by atoms with van der Waals surface area (Å²) in [4.78, 5) is 2.79. The SMILES string of the molecule is C1=CC(c2cc(C3=CCC(n4c5c(c6ccccc64)C=C(C4=CCC6C(C4)C4=C(CCC=C4)N6c4ccc(C6CC(c7ccccc7)=CC(C7C=CCCC7)C6)cc4)CC5)CC3)cc(-c3ccccc3)c2)=CCC1. The molecule has 0 fully saturated rings. The first-order chi connectivity index (χ1) is 36.7. The summed E-state index contributed by atoms with van der Waals surface area (Å²) in [7, 11) is 0. The van der Waals surface area contributed by atoms with Crippen molar-refractivity contribution in [1.29, 1.82) is 0 Å². The van der Waals surface area contributed by atoms with Crippen LogP contribution in [0.1, 0.15) is 142 Å². The summed E-state index contributed by atoms with van der Waals surface area (Å²) in [5.41, 5.74) is 24.8. The molecule has 0 bridgehead atoms. The topological polar surface area (TPSA) is 8.17 Å². The van der Waals surface area contributed by atoms with E-state index in [2.05, 4.69) is 204 Å². The average Bonchev–Trinajstić information content (AvgIpc) is 4.02. The largest absolute Gasteiger partial charge is 0.341 e. The van der Waals surface area contributed by atoms with Crippen molar-refractivity contribution < 1.29 is 0 Å². The van der Waals surface area contributed by atoms with E-state index in [0.29, 0.717) is 35.8 Å². The normalized spacial score (nSPS) is 25.4. The summed E-state index contributed by atoms with van der Waals surface area (Å²) in [6.45, 7) is 0. The van der Waals surface area contributed by atoms with Gasteiger partial charge in [0.2, 0.25) is 0 Å². The van der Waals surface area contributed by atoms with Crippen LogP contribution < -0.4 is 4.90 Å². The number of aromatic nitrogens is 1. The van der Waals surface area contributed by atoms with Crippen LogP contribution in [0.4, 0.5) is 5.69 Å². The van der Waals surface area contributed by atoms with Crippen molar-refractivity contribution in [2.24, 2.45) is 17.8 Å². The summed E-state index contributed by atoms with van der Waals surface area (Å²) in [6.07, 6.45) is 46.1. The van der Waals surface area contributed by atoms with Crippen LogP contribution in [0.5, 0.6) is 0 Å². The predicted octanol–water partition coefficient (Wildman–Crippen LogP) is 18.9. The first-order valence-corrected chi connectivity index (χ1v) is 28.7. The first-order valence-electron chi connectivity index (χ1n) is 28.7. The number of para-hydroxylation sites is 1. The van der Waals surface area contributed by atoms with Crippen LogP contribution in [0.15, 0.2) is 211 Å². The Balaban J connectivity index is 0.722. The number of hydrogen-bond donors (Lipinski definition) is 0. The molecule has 8 aliphatic rings. The molecule has 74 heavy (non-hydrogen) atoms. The zero-order chi connectivity index (χ0) is 49.0. The maximum absolute atomic E-state index is 2.79. The van der Waals surface area contributed by atoms with E-state index >= 15 is 0 Å². The van der Waals surface area contributed by atoms with Crippen LogP contribution in [0.2, 0.25) is 0 Å². The van der Waals surface area contributed by atoms with Crippen molar-refractivity contribution in [1.82, 2.24) is 4.57 Å². The minimum absolute atomic E-state index is 0.460. The molecular weight excluding hydrogens is 893 g/mol. The Morgan fingerprint density at radius 3 is 2.14 bits per heavy atom. The fourth-order valence-electron chi connectivity index (χ4n) is 15.0. The van der Waals surface area contributed by atoms with E-state index in [1.165, 1.54) is 97.9 Å². The minimum atomic E-state index is 0.460. The lowest BCUT2D eigenvalue weighted by atomic mass is 9.71. The summed E-state index contributed by atoms with van der Waals surface area (Å²) < 4.78 is 2.78. The van der Waals surface area contributed by atoms with E-state index in [9.17, 15) is 0 Å². The third kappa shape index (κ3) is 8.53. The Labute approximate surface area is 440 Å². The molecule has 1 aromatic heterocycles. The van der Waals surface area contributed by atoms with Gasteiger partial charge in [0.25, 0.3) is 0 Å². The van der Waals surface area contributed by atoms with Crippen LogP contribution in [-0.4, -0.2) is 10.6 Å². The number of anilines is 1. The second-order valence-corrected chi connectivity index (χ2v) is 22.9. The van der Waals surface area contributed by atoms with Crippen molar-refractivity contribution >= 4 is 39.4 Å². The molecule has 6 unspecified atom stereocenters. The zero-order valence-electron chi connectivity index (χ0n) is 43.1. The Morgan fingerprint density at radius 1 is 0.527 bits per heavy atom. The number of benzene rings is 5. The van der Waals surface area contributed by atoms with Gasteiger partial charge in [-0.15, -0.1) is 0 Å². The molecule has 368 valence electrons. The molecule has 7 aliphatic carbocycles. The van der Waals surface area contributed by atoms with Gasteiger partial charge in [0.15, 0.2) is 0 Å². The Morgan fingerprint density at radius 2 is 1.32 bits per heavy atom. The fourth-order valence-corrected chi connectivity index (χ4v) is 15.0.